The summed E-state index contributed by atoms with van der Waals surface area (Å²) in [5, 5.41) is 2.72. The number of pyridine rings is 1. The van der Waals surface area contributed by atoms with Gasteiger partial charge in [0.25, 0.3) is 5.91 Å². The average molecular weight is 246 g/mol. The summed E-state index contributed by atoms with van der Waals surface area (Å²) < 4.78 is 4.83. The van der Waals surface area contributed by atoms with Crippen molar-refractivity contribution in [2.24, 2.45) is 5.73 Å². The minimum atomic E-state index is -0.135. The van der Waals surface area contributed by atoms with Crippen LogP contribution in [0.1, 0.15) is 16.1 Å². The van der Waals surface area contributed by atoms with Crippen molar-refractivity contribution in [1.29, 1.82) is 0 Å². The second-order valence-electron chi connectivity index (χ2n) is 2.99. The SMILES string of the molecule is COCCNC(=O)c1ccnc(CN)c1.Cl. The Morgan fingerprint density at radius 3 is 3.00 bits per heavy atom. The first-order valence-electron chi connectivity index (χ1n) is 4.70. The van der Waals surface area contributed by atoms with E-state index in [2.05, 4.69) is 10.3 Å². The molecule has 0 saturated carbocycles. The lowest BCUT2D eigenvalue weighted by Crippen LogP contribution is -2.27. The fraction of sp³-hybridized carbons (Fsp3) is 0.400. The van der Waals surface area contributed by atoms with Gasteiger partial charge in [0.15, 0.2) is 0 Å². The van der Waals surface area contributed by atoms with Gasteiger partial charge in [0.1, 0.15) is 0 Å². The van der Waals surface area contributed by atoms with Gasteiger partial charge in [-0.05, 0) is 12.1 Å². The molecular formula is C10H16ClN3O2. The van der Waals surface area contributed by atoms with Crippen molar-refractivity contribution in [3.05, 3.63) is 29.6 Å². The maximum atomic E-state index is 11.6. The van der Waals surface area contributed by atoms with Gasteiger partial charge >= 0.3 is 0 Å². The van der Waals surface area contributed by atoms with Crippen LogP contribution in [0.2, 0.25) is 0 Å². The van der Waals surface area contributed by atoms with Crippen LogP contribution in [0.3, 0.4) is 0 Å². The Labute approximate surface area is 101 Å². The summed E-state index contributed by atoms with van der Waals surface area (Å²) in [4.78, 5) is 15.6. The Hall–Kier alpha value is -1.17. The first-order chi connectivity index (χ1) is 7.27. The zero-order valence-electron chi connectivity index (χ0n) is 9.10. The lowest BCUT2D eigenvalue weighted by atomic mass is 10.2. The molecule has 0 spiro atoms. The number of methoxy groups -OCH3 is 1. The summed E-state index contributed by atoms with van der Waals surface area (Å²) in [5.41, 5.74) is 6.70. The van der Waals surface area contributed by atoms with Gasteiger partial charge in [-0.2, -0.15) is 0 Å². The zero-order valence-corrected chi connectivity index (χ0v) is 9.92. The third-order valence-corrected chi connectivity index (χ3v) is 1.88. The highest BCUT2D eigenvalue weighted by Gasteiger charge is 2.05. The highest BCUT2D eigenvalue weighted by atomic mass is 35.5. The van der Waals surface area contributed by atoms with E-state index in [-0.39, 0.29) is 18.3 Å². The van der Waals surface area contributed by atoms with E-state index in [1.807, 2.05) is 0 Å². The summed E-state index contributed by atoms with van der Waals surface area (Å²) in [5.74, 6) is -0.135. The van der Waals surface area contributed by atoms with E-state index in [0.29, 0.717) is 31.0 Å². The molecule has 0 unspecified atom stereocenters. The minimum Gasteiger partial charge on any atom is -0.383 e. The number of carbonyl (C=O) groups excluding carboxylic acids is 1. The highest BCUT2D eigenvalue weighted by molar-refractivity contribution is 5.94. The fourth-order valence-electron chi connectivity index (χ4n) is 1.10. The molecule has 0 aliphatic carbocycles. The van der Waals surface area contributed by atoms with Gasteiger partial charge in [-0.15, -0.1) is 12.4 Å². The summed E-state index contributed by atoms with van der Waals surface area (Å²) >= 11 is 0. The standard InChI is InChI=1S/C10H15N3O2.ClH/c1-15-5-4-13-10(14)8-2-3-12-9(6-8)7-11;/h2-3,6H,4-5,7,11H2,1H3,(H,13,14);1H. The van der Waals surface area contributed by atoms with Crippen molar-refractivity contribution >= 4 is 18.3 Å². The molecule has 1 rings (SSSR count). The van der Waals surface area contributed by atoms with Gasteiger partial charge < -0.3 is 15.8 Å². The van der Waals surface area contributed by atoms with Crippen LogP contribution in [0.5, 0.6) is 0 Å². The number of hydrogen-bond acceptors (Lipinski definition) is 4. The number of rotatable bonds is 5. The van der Waals surface area contributed by atoms with Gasteiger partial charge in [-0.25, -0.2) is 0 Å². The Morgan fingerprint density at radius 2 is 2.38 bits per heavy atom. The van der Waals surface area contributed by atoms with Crippen LogP contribution in [0.4, 0.5) is 0 Å². The molecule has 0 bridgehead atoms. The number of ether oxygens (including phenoxy) is 1. The van der Waals surface area contributed by atoms with Crippen LogP contribution < -0.4 is 11.1 Å². The molecule has 0 aliphatic rings. The Morgan fingerprint density at radius 1 is 1.62 bits per heavy atom. The molecule has 0 saturated heterocycles. The smallest absolute Gasteiger partial charge is 0.251 e. The predicted molar refractivity (Wildman–Crippen MR) is 63.6 cm³/mol. The van der Waals surface area contributed by atoms with Gasteiger partial charge in [0.05, 0.1) is 12.3 Å². The number of carbonyl (C=O) groups is 1. The molecule has 16 heavy (non-hydrogen) atoms. The molecule has 1 aromatic heterocycles. The van der Waals surface area contributed by atoms with E-state index in [0.717, 1.165) is 0 Å². The molecule has 0 fully saturated rings. The first-order valence-corrected chi connectivity index (χ1v) is 4.70. The monoisotopic (exact) mass is 245 g/mol. The molecule has 1 aromatic rings. The number of aromatic nitrogens is 1. The zero-order chi connectivity index (χ0) is 11.1. The topological polar surface area (TPSA) is 77.2 Å². The number of nitrogens with two attached hydrogens (primary N) is 1. The molecule has 0 aromatic carbocycles. The van der Waals surface area contributed by atoms with Gasteiger partial charge in [-0.1, -0.05) is 0 Å². The van der Waals surface area contributed by atoms with Crippen LogP contribution in [-0.4, -0.2) is 31.2 Å². The lowest BCUT2D eigenvalue weighted by molar-refractivity contribution is 0.0937. The van der Waals surface area contributed by atoms with Crippen molar-refractivity contribution < 1.29 is 9.53 Å². The Balaban J connectivity index is 0.00000225. The lowest BCUT2D eigenvalue weighted by Gasteiger charge is -2.05. The average Bonchev–Trinajstić information content (AvgIpc) is 2.29. The van der Waals surface area contributed by atoms with Gasteiger partial charge in [0.2, 0.25) is 0 Å². The summed E-state index contributed by atoms with van der Waals surface area (Å²) in [6.45, 7) is 1.33. The number of halogens is 1. The fourth-order valence-corrected chi connectivity index (χ4v) is 1.10. The van der Waals surface area contributed by atoms with E-state index in [1.165, 1.54) is 0 Å². The van der Waals surface area contributed by atoms with Crippen molar-refractivity contribution in [3.63, 3.8) is 0 Å². The van der Waals surface area contributed by atoms with Crippen molar-refractivity contribution in [3.8, 4) is 0 Å². The molecule has 90 valence electrons. The number of nitrogens with one attached hydrogen (secondary N) is 1. The largest absolute Gasteiger partial charge is 0.383 e. The molecule has 3 N–H and O–H groups in total. The summed E-state index contributed by atoms with van der Waals surface area (Å²) in [7, 11) is 1.59. The number of hydrogen-bond donors (Lipinski definition) is 2. The van der Waals surface area contributed by atoms with Crippen LogP contribution >= 0.6 is 12.4 Å². The first kappa shape index (κ1) is 14.8. The van der Waals surface area contributed by atoms with E-state index < -0.39 is 0 Å². The third kappa shape index (κ3) is 4.57. The maximum absolute atomic E-state index is 11.6. The predicted octanol–water partition coefficient (Wildman–Crippen LogP) is 0.338. The van der Waals surface area contributed by atoms with E-state index in [9.17, 15) is 4.79 Å². The Bertz CT molecular complexity index is 334. The normalized spacial score (nSPS) is 9.38. The molecule has 1 amide bonds. The second kappa shape index (κ2) is 8.04. The van der Waals surface area contributed by atoms with E-state index in [1.54, 1.807) is 25.4 Å². The highest BCUT2D eigenvalue weighted by Crippen LogP contribution is 2.00. The Kier molecular flexibility index (Phi) is 7.45. The molecular weight excluding hydrogens is 230 g/mol. The third-order valence-electron chi connectivity index (χ3n) is 1.88. The maximum Gasteiger partial charge on any atom is 0.251 e. The van der Waals surface area contributed by atoms with Crippen molar-refractivity contribution in [2.75, 3.05) is 20.3 Å². The van der Waals surface area contributed by atoms with Crippen LogP contribution in [0, 0.1) is 0 Å². The number of nitrogens with zero attached hydrogens (tertiary/aromatic N) is 1. The molecule has 6 heteroatoms. The summed E-state index contributed by atoms with van der Waals surface area (Å²) in [6, 6.07) is 3.34. The molecule has 0 radical (unpaired) electrons. The number of amides is 1. The quantitative estimate of drug-likeness (QED) is 0.734. The second-order valence-corrected chi connectivity index (χ2v) is 2.99. The van der Waals surface area contributed by atoms with Crippen LogP contribution in [-0.2, 0) is 11.3 Å². The summed E-state index contributed by atoms with van der Waals surface area (Å²) in [6.07, 6.45) is 1.58. The van der Waals surface area contributed by atoms with Gasteiger partial charge in [-0.3, -0.25) is 9.78 Å². The van der Waals surface area contributed by atoms with Crippen molar-refractivity contribution in [2.45, 2.75) is 6.54 Å². The molecule has 0 aliphatic heterocycles. The van der Waals surface area contributed by atoms with Gasteiger partial charge in [0, 0.05) is 32.0 Å². The van der Waals surface area contributed by atoms with Crippen LogP contribution in [0.15, 0.2) is 18.3 Å². The molecule has 0 atom stereocenters. The van der Waals surface area contributed by atoms with Crippen molar-refractivity contribution in [1.82, 2.24) is 10.3 Å². The molecule has 5 nitrogen and oxygen atoms in total. The van der Waals surface area contributed by atoms with E-state index in [4.69, 9.17) is 10.5 Å². The molecule has 1 heterocycles. The van der Waals surface area contributed by atoms with E-state index >= 15 is 0 Å². The van der Waals surface area contributed by atoms with Crippen LogP contribution in [0.25, 0.3) is 0 Å². The minimum absolute atomic E-state index is 0.